The normalized spacial score (nSPS) is 10.2. The van der Waals surface area contributed by atoms with Crippen molar-refractivity contribution in [2.75, 3.05) is 11.9 Å². The first kappa shape index (κ1) is 16.5. The molecule has 0 aromatic heterocycles. The monoisotopic (exact) mass is 314 g/mol. The van der Waals surface area contributed by atoms with Crippen LogP contribution in [0.1, 0.15) is 28.4 Å². The summed E-state index contributed by atoms with van der Waals surface area (Å²) in [6.45, 7) is 4.39. The summed E-state index contributed by atoms with van der Waals surface area (Å²) < 4.78 is 4.88. The van der Waals surface area contributed by atoms with E-state index in [2.05, 4.69) is 5.32 Å². The summed E-state index contributed by atoms with van der Waals surface area (Å²) in [5.74, 6) is -0.696. The molecule has 0 unspecified atom stereocenters. The zero-order chi connectivity index (χ0) is 16.8. The van der Waals surface area contributed by atoms with Gasteiger partial charge in [0.05, 0.1) is 11.5 Å². The van der Waals surface area contributed by atoms with E-state index in [0.717, 1.165) is 11.1 Å². The molecule has 0 atom stereocenters. The molecule has 0 radical (unpaired) electrons. The fourth-order valence-corrected chi connectivity index (χ4v) is 2.20. The molecular weight excluding hydrogens is 296 g/mol. The van der Waals surface area contributed by atoms with Crippen LogP contribution >= 0.6 is 0 Å². The summed E-state index contributed by atoms with van der Waals surface area (Å²) in [7, 11) is 0. The van der Waals surface area contributed by atoms with Crippen LogP contribution in [0.4, 0.5) is 11.4 Å². The maximum absolute atomic E-state index is 11.9. The molecule has 23 heavy (non-hydrogen) atoms. The molecule has 6 nitrogen and oxygen atoms in total. The van der Waals surface area contributed by atoms with Gasteiger partial charge >= 0.3 is 5.97 Å². The van der Waals surface area contributed by atoms with Gasteiger partial charge in [-0.3, -0.25) is 10.1 Å². The van der Waals surface area contributed by atoms with Crippen LogP contribution in [0.25, 0.3) is 0 Å². The van der Waals surface area contributed by atoms with Crippen molar-refractivity contribution in [3.8, 4) is 0 Å². The minimum Gasteiger partial charge on any atom is -0.462 e. The number of nitro groups is 1. The molecule has 0 saturated carbocycles. The SMILES string of the molecule is CCOC(=O)c1cc(NCc2cccc(C)c2)ccc1[N+](=O)[O-]. The number of hydrogen-bond acceptors (Lipinski definition) is 5. The Kier molecular flexibility index (Phi) is 5.30. The van der Waals surface area contributed by atoms with E-state index in [4.69, 9.17) is 4.74 Å². The fraction of sp³-hybridized carbons (Fsp3) is 0.235. The molecular formula is C17H18N2O4. The van der Waals surface area contributed by atoms with Crippen LogP contribution in [-0.4, -0.2) is 17.5 Å². The number of ether oxygens (including phenoxy) is 1. The lowest BCUT2D eigenvalue weighted by molar-refractivity contribution is -0.385. The average Bonchev–Trinajstić information content (AvgIpc) is 2.53. The highest BCUT2D eigenvalue weighted by Gasteiger charge is 2.21. The van der Waals surface area contributed by atoms with Gasteiger partial charge in [0.2, 0.25) is 0 Å². The van der Waals surface area contributed by atoms with Gasteiger partial charge in [0.15, 0.2) is 0 Å². The van der Waals surface area contributed by atoms with E-state index >= 15 is 0 Å². The minimum atomic E-state index is -0.696. The molecule has 0 amide bonds. The second-order valence-corrected chi connectivity index (χ2v) is 5.05. The first-order valence-corrected chi connectivity index (χ1v) is 7.26. The van der Waals surface area contributed by atoms with Gasteiger partial charge in [0, 0.05) is 18.3 Å². The fourth-order valence-electron chi connectivity index (χ4n) is 2.20. The number of carbonyl (C=O) groups is 1. The third-order valence-corrected chi connectivity index (χ3v) is 3.27. The number of nitro benzene ring substituents is 1. The summed E-state index contributed by atoms with van der Waals surface area (Å²) in [5, 5.41) is 14.2. The molecule has 0 aliphatic heterocycles. The molecule has 2 aromatic rings. The van der Waals surface area contributed by atoms with Gasteiger partial charge in [-0.15, -0.1) is 0 Å². The maximum atomic E-state index is 11.9. The number of aryl methyl sites for hydroxylation is 1. The molecule has 120 valence electrons. The van der Waals surface area contributed by atoms with Gasteiger partial charge < -0.3 is 10.1 Å². The smallest absolute Gasteiger partial charge is 0.345 e. The standard InChI is InChI=1S/C17H18N2O4/c1-3-23-17(20)15-10-14(7-8-16(15)19(21)22)18-11-13-6-4-5-12(2)9-13/h4-10,18H,3,11H2,1-2H3. The first-order chi connectivity index (χ1) is 11.0. The van der Waals surface area contributed by atoms with E-state index in [1.165, 1.54) is 12.1 Å². The summed E-state index contributed by atoms with van der Waals surface area (Å²) in [4.78, 5) is 22.3. The molecule has 0 saturated heterocycles. The molecule has 0 bridgehead atoms. The Labute approximate surface area is 134 Å². The third kappa shape index (κ3) is 4.29. The van der Waals surface area contributed by atoms with Crippen molar-refractivity contribution in [2.24, 2.45) is 0 Å². The first-order valence-electron chi connectivity index (χ1n) is 7.26. The van der Waals surface area contributed by atoms with Crippen molar-refractivity contribution in [3.05, 3.63) is 69.3 Å². The number of benzene rings is 2. The predicted molar refractivity (Wildman–Crippen MR) is 87.6 cm³/mol. The molecule has 0 aliphatic rings. The Morgan fingerprint density at radius 3 is 2.70 bits per heavy atom. The highest BCUT2D eigenvalue weighted by Crippen LogP contribution is 2.24. The summed E-state index contributed by atoms with van der Waals surface area (Å²) in [6, 6.07) is 12.3. The number of nitrogens with zero attached hydrogens (tertiary/aromatic N) is 1. The highest BCUT2D eigenvalue weighted by atomic mass is 16.6. The van der Waals surface area contributed by atoms with Crippen molar-refractivity contribution >= 4 is 17.3 Å². The summed E-state index contributed by atoms with van der Waals surface area (Å²) >= 11 is 0. The Morgan fingerprint density at radius 1 is 1.26 bits per heavy atom. The lowest BCUT2D eigenvalue weighted by Gasteiger charge is -2.09. The largest absolute Gasteiger partial charge is 0.462 e. The highest BCUT2D eigenvalue weighted by molar-refractivity contribution is 5.95. The van der Waals surface area contributed by atoms with E-state index < -0.39 is 10.9 Å². The lowest BCUT2D eigenvalue weighted by atomic mass is 10.1. The third-order valence-electron chi connectivity index (χ3n) is 3.27. The topological polar surface area (TPSA) is 81.5 Å². The van der Waals surface area contributed by atoms with Crippen LogP contribution < -0.4 is 5.32 Å². The number of rotatable bonds is 6. The van der Waals surface area contributed by atoms with Gasteiger partial charge in [-0.1, -0.05) is 29.8 Å². The van der Waals surface area contributed by atoms with E-state index in [1.807, 2.05) is 31.2 Å². The van der Waals surface area contributed by atoms with E-state index in [1.54, 1.807) is 13.0 Å². The molecule has 1 N–H and O–H groups in total. The molecule has 0 aliphatic carbocycles. The van der Waals surface area contributed by atoms with Crippen molar-refractivity contribution in [2.45, 2.75) is 20.4 Å². The van der Waals surface area contributed by atoms with Crippen LogP contribution in [-0.2, 0) is 11.3 Å². The number of hydrogen-bond donors (Lipinski definition) is 1. The minimum absolute atomic E-state index is 0.0499. The molecule has 0 heterocycles. The van der Waals surface area contributed by atoms with Gasteiger partial charge in [-0.2, -0.15) is 0 Å². The predicted octanol–water partition coefficient (Wildman–Crippen LogP) is 3.69. The van der Waals surface area contributed by atoms with Gasteiger partial charge in [-0.05, 0) is 31.5 Å². The Morgan fingerprint density at radius 2 is 2.04 bits per heavy atom. The number of carbonyl (C=O) groups excluding carboxylic acids is 1. The van der Waals surface area contributed by atoms with Crippen molar-refractivity contribution < 1.29 is 14.5 Å². The molecule has 6 heteroatoms. The number of nitrogens with one attached hydrogen (secondary N) is 1. The maximum Gasteiger partial charge on any atom is 0.345 e. The van der Waals surface area contributed by atoms with Crippen LogP contribution in [0.2, 0.25) is 0 Å². The second kappa shape index (κ2) is 7.40. The quantitative estimate of drug-likeness (QED) is 0.499. The van der Waals surface area contributed by atoms with Gasteiger partial charge in [0.25, 0.3) is 5.69 Å². The molecule has 2 rings (SSSR count). The van der Waals surface area contributed by atoms with E-state index in [9.17, 15) is 14.9 Å². The number of anilines is 1. The zero-order valence-electron chi connectivity index (χ0n) is 13.0. The summed E-state index contributed by atoms with van der Waals surface area (Å²) in [5.41, 5.74) is 2.55. The van der Waals surface area contributed by atoms with Gasteiger partial charge in [0.1, 0.15) is 5.56 Å². The van der Waals surface area contributed by atoms with E-state index in [-0.39, 0.29) is 17.9 Å². The zero-order valence-corrected chi connectivity index (χ0v) is 13.0. The Bertz CT molecular complexity index is 728. The lowest BCUT2D eigenvalue weighted by Crippen LogP contribution is -2.09. The van der Waals surface area contributed by atoms with Crippen LogP contribution in [0, 0.1) is 17.0 Å². The molecule has 0 fully saturated rings. The van der Waals surface area contributed by atoms with Crippen LogP contribution in [0.5, 0.6) is 0 Å². The van der Waals surface area contributed by atoms with Crippen LogP contribution in [0.3, 0.4) is 0 Å². The molecule has 2 aromatic carbocycles. The van der Waals surface area contributed by atoms with E-state index in [0.29, 0.717) is 12.2 Å². The number of esters is 1. The average molecular weight is 314 g/mol. The second-order valence-electron chi connectivity index (χ2n) is 5.05. The van der Waals surface area contributed by atoms with Crippen molar-refractivity contribution in [1.29, 1.82) is 0 Å². The van der Waals surface area contributed by atoms with Gasteiger partial charge in [-0.25, -0.2) is 4.79 Å². The van der Waals surface area contributed by atoms with Crippen LogP contribution in [0.15, 0.2) is 42.5 Å². The van der Waals surface area contributed by atoms with Crippen molar-refractivity contribution in [3.63, 3.8) is 0 Å². The Hall–Kier alpha value is -2.89. The summed E-state index contributed by atoms with van der Waals surface area (Å²) in [6.07, 6.45) is 0. The molecule has 0 spiro atoms. The Balaban J connectivity index is 2.21. The van der Waals surface area contributed by atoms with Crippen molar-refractivity contribution in [1.82, 2.24) is 0 Å².